The van der Waals surface area contributed by atoms with Crippen molar-refractivity contribution >= 4 is 17.5 Å². The van der Waals surface area contributed by atoms with Gasteiger partial charge in [-0.3, -0.25) is 4.79 Å². The number of carbonyl (C=O) groups excluding carboxylic acids is 1. The summed E-state index contributed by atoms with van der Waals surface area (Å²) in [6.45, 7) is 7.87. The van der Waals surface area contributed by atoms with Crippen LogP contribution in [-0.4, -0.2) is 35.8 Å². The van der Waals surface area contributed by atoms with Gasteiger partial charge in [0, 0.05) is 13.0 Å². The number of fused-ring (bicyclic) bond motifs is 1. The van der Waals surface area contributed by atoms with Crippen LogP contribution in [0.25, 0.3) is 11.0 Å². The Balaban J connectivity index is 0.000000481. The number of benzene rings is 2. The smallest absolute Gasteiger partial charge is 0.292 e. The molecule has 2 aromatic carbocycles. The molecule has 1 aliphatic heterocycles. The number of nitrogens with zero attached hydrogens (tertiary/aromatic N) is 2. The van der Waals surface area contributed by atoms with E-state index in [1.54, 1.807) is 0 Å². The van der Waals surface area contributed by atoms with Crippen molar-refractivity contribution in [1.29, 1.82) is 0 Å². The second-order valence-corrected chi connectivity index (χ2v) is 6.66. The van der Waals surface area contributed by atoms with Crippen LogP contribution in [0.1, 0.15) is 37.2 Å². The van der Waals surface area contributed by atoms with Gasteiger partial charge in [-0.25, -0.2) is 13.8 Å². The van der Waals surface area contributed by atoms with E-state index in [0.717, 1.165) is 47.6 Å². The van der Waals surface area contributed by atoms with Crippen molar-refractivity contribution in [2.75, 3.05) is 13.7 Å². The highest BCUT2D eigenvalue weighted by Crippen LogP contribution is 2.24. The standard InChI is InChI=1S/C19H18F2N2O.C2H4O2.C2H6/c1-12-2-5-17-18(8-12)23(11-15-6-7-24-15)19(22-17)10-13-9-14(20)3-4-16(13)21;1-4-2-3;1-2/h2-5,8-9,15H,6-7,10-11H2,1H3;2H,1H3;1-2H3. The molecule has 4 rings (SSSR count). The highest BCUT2D eigenvalue weighted by molar-refractivity contribution is 5.77. The van der Waals surface area contributed by atoms with Crippen molar-refractivity contribution in [3.8, 4) is 0 Å². The maximum absolute atomic E-state index is 14.0. The SMILES string of the molecule is CC.COC=O.Cc1ccc2nc(Cc3cc(F)ccc3F)n(CC3CCO3)c2c1. The number of aromatic nitrogens is 2. The van der Waals surface area contributed by atoms with Gasteiger partial charge in [-0.15, -0.1) is 0 Å². The first kappa shape index (κ1) is 23.5. The minimum absolute atomic E-state index is 0.166. The van der Waals surface area contributed by atoms with Crippen molar-refractivity contribution in [2.24, 2.45) is 0 Å². The average molecular weight is 418 g/mol. The number of aryl methyl sites for hydroxylation is 1. The average Bonchev–Trinajstić information content (AvgIpc) is 3.05. The summed E-state index contributed by atoms with van der Waals surface area (Å²) >= 11 is 0. The quantitative estimate of drug-likeness (QED) is 0.558. The molecule has 0 aliphatic carbocycles. The molecule has 2 heterocycles. The van der Waals surface area contributed by atoms with Crippen LogP contribution in [0.4, 0.5) is 8.78 Å². The normalized spacial score (nSPS) is 14.7. The van der Waals surface area contributed by atoms with Gasteiger partial charge in [0.25, 0.3) is 6.47 Å². The molecule has 0 saturated carbocycles. The van der Waals surface area contributed by atoms with Gasteiger partial charge in [-0.1, -0.05) is 19.9 Å². The zero-order valence-corrected chi connectivity index (χ0v) is 17.8. The Labute approximate surface area is 175 Å². The molecule has 1 unspecified atom stereocenters. The van der Waals surface area contributed by atoms with Crippen molar-refractivity contribution in [2.45, 2.75) is 46.3 Å². The molecular formula is C23H28F2N2O3. The number of carbonyl (C=O) groups is 1. The maximum Gasteiger partial charge on any atom is 0.292 e. The molecule has 3 aromatic rings. The molecule has 1 saturated heterocycles. The van der Waals surface area contributed by atoms with Crippen molar-refractivity contribution in [3.05, 3.63) is 65.0 Å². The molecular weight excluding hydrogens is 390 g/mol. The second kappa shape index (κ2) is 11.4. The molecule has 0 spiro atoms. The number of hydrogen-bond acceptors (Lipinski definition) is 4. The third kappa shape index (κ3) is 5.86. The fourth-order valence-corrected chi connectivity index (χ4v) is 3.10. The van der Waals surface area contributed by atoms with Crippen LogP contribution >= 0.6 is 0 Å². The van der Waals surface area contributed by atoms with Crippen LogP contribution < -0.4 is 0 Å². The molecule has 0 bridgehead atoms. The van der Waals surface area contributed by atoms with E-state index in [4.69, 9.17) is 9.53 Å². The van der Waals surface area contributed by atoms with Gasteiger partial charge < -0.3 is 14.0 Å². The number of methoxy groups -OCH3 is 1. The predicted octanol–water partition coefficient (Wildman–Crippen LogP) is 4.82. The van der Waals surface area contributed by atoms with E-state index in [2.05, 4.69) is 20.4 Å². The van der Waals surface area contributed by atoms with Gasteiger partial charge in [0.2, 0.25) is 0 Å². The number of imidazole rings is 1. The fraction of sp³-hybridized carbons (Fsp3) is 0.391. The van der Waals surface area contributed by atoms with Crippen molar-refractivity contribution in [1.82, 2.24) is 9.55 Å². The molecule has 1 atom stereocenters. The van der Waals surface area contributed by atoms with E-state index < -0.39 is 11.6 Å². The van der Waals surface area contributed by atoms with Crippen LogP contribution in [-0.2, 0) is 27.2 Å². The monoisotopic (exact) mass is 418 g/mol. The lowest BCUT2D eigenvalue weighted by molar-refractivity contribution is -0.126. The van der Waals surface area contributed by atoms with Crippen LogP contribution in [0.3, 0.4) is 0 Å². The molecule has 1 fully saturated rings. The van der Waals surface area contributed by atoms with E-state index >= 15 is 0 Å². The number of ether oxygens (including phenoxy) is 2. The van der Waals surface area contributed by atoms with E-state index in [9.17, 15) is 8.78 Å². The molecule has 0 radical (unpaired) electrons. The summed E-state index contributed by atoms with van der Waals surface area (Å²) in [5.74, 6) is -0.117. The zero-order valence-electron chi connectivity index (χ0n) is 17.8. The van der Waals surface area contributed by atoms with Gasteiger partial charge in [0.15, 0.2) is 0 Å². The Hall–Kier alpha value is -2.80. The summed E-state index contributed by atoms with van der Waals surface area (Å²) in [5, 5.41) is 0. The van der Waals surface area contributed by atoms with Gasteiger partial charge in [0.1, 0.15) is 17.5 Å². The van der Waals surface area contributed by atoms with Crippen molar-refractivity contribution < 1.29 is 23.0 Å². The summed E-state index contributed by atoms with van der Waals surface area (Å²) in [6, 6.07) is 9.58. The van der Waals surface area contributed by atoms with Crippen LogP contribution in [0.15, 0.2) is 36.4 Å². The Morgan fingerprint density at radius 1 is 1.23 bits per heavy atom. The predicted molar refractivity (Wildman–Crippen MR) is 112 cm³/mol. The molecule has 1 aromatic heterocycles. The van der Waals surface area contributed by atoms with E-state index in [1.165, 1.54) is 13.2 Å². The number of halogens is 2. The van der Waals surface area contributed by atoms with Crippen LogP contribution in [0, 0.1) is 18.6 Å². The second-order valence-electron chi connectivity index (χ2n) is 6.66. The lowest BCUT2D eigenvalue weighted by atomic mass is 10.1. The summed E-state index contributed by atoms with van der Waals surface area (Å²) in [5.41, 5.74) is 3.34. The summed E-state index contributed by atoms with van der Waals surface area (Å²) in [7, 11) is 1.31. The molecule has 0 N–H and O–H groups in total. The Kier molecular flexibility index (Phi) is 8.92. The van der Waals surface area contributed by atoms with Gasteiger partial charge in [-0.2, -0.15) is 0 Å². The summed E-state index contributed by atoms with van der Waals surface area (Å²) in [6.07, 6.45) is 1.43. The van der Waals surface area contributed by atoms with E-state index in [1.807, 2.05) is 32.9 Å². The minimum Gasteiger partial charge on any atom is -0.471 e. The lowest BCUT2D eigenvalue weighted by Gasteiger charge is -2.27. The van der Waals surface area contributed by atoms with Gasteiger partial charge in [-0.05, 0) is 54.8 Å². The van der Waals surface area contributed by atoms with Gasteiger partial charge >= 0.3 is 0 Å². The van der Waals surface area contributed by atoms with Gasteiger partial charge in [0.05, 0.1) is 30.8 Å². The highest BCUT2D eigenvalue weighted by atomic mass is 19.1. The molecule has 30 heavy (non-hydrogen) atoms. The number of hydrogen-bond donors (Lipinski definition) is 0. The highest BCUT2D eigenvalue weighted by Gasteiger charge is 2.22. The summed E-state index contributed by atoms with van der Waals surface area (Å²) in [4.78, 5) is 13.6. The molecule has 162 valence electrons. The topological polar surface area (TPSA) is 53.3 Å². The van der Waals surface area contributed by atoms with Crippen LogP contribution in [0.5, 0.6) is 0 Å². The van der Waals surface area contributed by atoms with Crippen LogP contribution in [0.2, 0.25) is 0 Å². The lowest BCUT2D eigenvalue weighted by Crippen LogP contribution is -2.31. The van der Waals surface area contributed by atoms with Crippen molar-refractivity contribution in [3.63, 3.8) is 0 Å². The number of rotatable bonds is 5. The van der Waals surface area contributed by atoms with E-state index in [0.29, 0.717) is 18.6 Å². The summed E-state index contributed by atoms with van der Waals surface area (Å²) < 4.78 is 39.0. The fourth-order valence-electron chi connectivity index (χ4n) is 3.10. The third-order valence-corrected chi connectivity index (χ3v) is 4.61. The minimum atomic E-state index is -0.438. The molecule has 0 amide bonds. The molecule has 7 heteroatoms. The first-order chi connectivity index (χ1) is 14.5. The molecule has 1 aliphatic rings. The Morgan fingerprint density at radius 3 is 2.53 bits per heavy atom. The Bertz CT molecular complexity index is 968. The Morgan fingerprint density at radius 2 is 1.93 bits per heavy atom. The van der Waals surface area contributed by atoms with E-state index in [-0.39, 0.29) is 12.5 Å². The zero-order chi connectivity index (χ0) is 22.1. The first-order valence-corrected chi connectivity index (χ1v) is 9.99. The largest absolute Gasteiger partial charge is 0.471 e. The first-order valence-electron chi connectivity index (χ1n) is 9.99. The maximum atomic E-state index is 14.0. The third-order valence-electron chi connectivity index (χ3n) is 4.61. The molecule has 5 nitrogen and oxygen atoms in total.